The fraction of sp³-hybridized carbons (Fsp3) is 0. The van der Waals surface area contributed by atoms with Gasteiger partial charge in [0.1, 0.15) is 0 Å². The molecule has 8 nitrogen and oxygen atoms in total. The van der Waals surface area contributed by atoms with Gasteiger partial charge >= 0.3 is 5.69 Å². The molecule has 3 rings (SSSR count). The first-order valence-corrected chi connectivity index (χ1v) is 10.2. The Kier molecular flexibility index (Phi) is 5.99. The fourth-order valence-corrected chi connectivity index (χ4v) is 3.64. The van der Waals surface area contributed by atoms with Gasteiger partial charge in [0.25, 0.3) is 15.9 Å². The minimum absolute atomic E-state index is 0.0224. The van der Waals surface area contributed by atoms with Crippen LogP contribution in [-0.2, 0) is 10.0 Å². The van der Waals surface area contributed by atoms with Crippen LogP contribution in [0.2, 0.25) is 5.02 Å². The van der Waals surface area contributed by atoms with E-state index in [9.17, 15) is 27.7 Å². The molecular weight excluding hydrogens is 437 g/mol. The molecule has 0 aromatic heterocycles. The number of benzene rings is 3. The number of anilines is 2. The third-order valence-electron chi connectivity index (χ3n) is 3.92. The molecule has 2 N–H and O–H groups in total. The van der Waals surface area contributed by atoms with Gasteiger partial charge in [0.2, 0.25) is 5.82 Å². The number of carbonyl (C=O) groups excluding carboxylic acids is 1. The fourth-order valence-electron chi connectivity index (χ4n) is 2.45. The monoisotopic (exact) mass is 449 g/mol. The number of sulfonamides is 1. The maximum atomic E-state index is 13.4. The first-order valence-electron chi connectivity index (χ1n) is 8.29. The lowest BCUT2D eigenvalue weighted by molar-refractivity contribution is -0.387. The maximum Gasteiger partial charge on any atom is 0.306 e. The molecule has 0 atom stereocenters. The lowest BCUT2D eigenvalue weighted by Gasteiger charge is -2.09. The van der Waals surface area contributed by atoms with Crippen LogP contribution in [0.5, 0.6) is 0 Å². The van der Waals surface area contributed by atoms with Gasteiger partial charge in [-0.1, -0.05) is 11.6 Å². The zero-order valence-electron chi connectivity index (χ0n) is 15.0. The van der Waals surface area contributed by atoms with Crippen LogP contribution in [0, 0.1) is 15.9 Å². The van der Waals surface area contributed by atoms with E-state index in [1.165, 1.54) is 54.6 Å². The van der Waals surface area contributed by atoms with Gasteiger partial charge in [-0.2, -0.15) is 4.39 Å². The van der Waals surface area contributed by atoms with Crippen molar-refractivity contribution in [2.24, 2.45) is 0 Å². The van der Waals surface area contributed by atoms with Crippen molar-refractivity contribution in [1.82, 2.24) is 0 Å². The highest BCUT2D eigenvalue weighted by atomic mass is 35.5. The molecule has 0 aliphatic rings. The van der Waals surface area contributed by atoms with E-state index in [4.69, 9.17) is 11.6 Å². The summed E-state index contributed by atoms with van der Waals surface area (Å²) in [6.45, 7) is 0. The van der Waals surface area contributed by atoms with Gasteiger partial charge in [0.15, 0.2) is 0 Å². The van der Waals surface area contributed by atoms with Crippen LogP contribution < -0.4 is 10.0 Å². The van der Waals surface area contributed by atoms with E-state index in [1.54, 1.807) is 0 Å². The first-order chi connectivity index (χ1) is 14.2. The number of hydrogen-bond acceptors (Lipinski definition) is 5. The summed E-state index contributed by atoms with van der Waals surface area (Å²) in [4.78, 5) is 22.1. The molecule has 0 aliphatic heterocycles. The zero-order chi connectivity index (χ0) is 21.9. The van der Waals surface area contributed by atoms with E-state index in [-0.39, 0.29) is 16.1 Å². The van der Waals surface area contributed by atoms with E-state index >= 15 is 0 Å². The number of nitro groups is 1. The topological polar surface area (TPSA) is 118 Å². The van der Waals surface area contributed by atoms with Crippen molar-refractivity contribution in [2.75, 3.05) is 10.0 Å². The lowest BCUT2D eigenvalue weighted by atomic mass is 10.2. The minimum Gasteiger partial charge on any atom is -0.322 e. The van der Waals surface area contributed by atoms with Gasteiger partial charge in [0, 0.05) is 28.0 Å². The molecule has 1 amide bonds. The van der Waals surface area contributed by atoms with Crippen molar-refractivity contribution >= 4 is 44.6 Å². The van der Waals surface area contributed by atoms with E-state index in [0.29, 0.717) is 10.7 Å². The number of nitrogens with one attached hydrogen (secondary N) is 2. The van der Waals surface area contributed by atoms with Crippen LogP contribution in [0.4, 0.5) is 21.5 Å². The molecule has 3 aromatic carbocycles. The van der Waals surface area contributed by atoms with Crippen LogP contribution in [-0.4, -0.2) is 19.2 Å². The largest absolute Gasteiger partial charge is 0.322 e. The molecule has 0 radical (unpaired) electrons. The summed E-state index contributed by atoms with van der Waals surface area (Å²) in [5, 5.41) is 13.6. The zero-order valence-corrected chi connectivity index (χ0v) is 16.6. The summed E-state index contributed by atoms with van der Waals surface area (Å²) in [6, 6.07) is 14.0. The van der Waals surface area contributed by atoms with Gasteiger partial charge in [-0.25, -0.2) is 8.42 Å². The van der Waals surface area contributed by atoms with Crippen molar-refractivity contribution in [3.8, 4) is 0 Å². The Morgan fingerprint density at radius 1 is 0.967 bits per heavy atom. The molecule has 0 aliphatic carbocycles. The molecule has 0 unspecified atom stereocenters. The lowest BCUT2D eigenvalue weighted by Crippen LogP contribution is -2.15. The van der Waals surface area contributed by atoms with Crippen molar-refractivity contribution in [3.05, 3.63) is 93.2 Å². The summed E-state index contributed by atoms with van der Waals surface area (Å²) >= 11 is 5.77. The summed E-state index contributed by atoms with van der Waals surface area (Å²) in [7, 11) is -3.89. The molecule has 0 saturated heterocycles. The Morgan fingerprint density at radius 2 is 1.57 bits per heavy atom. The molecule has 3 aromatic rings. The van der Waals surface area contributed by atoms with Crippen LogP contribution >= 0.6 is 11.6 Å². The summed E-state index contributed by atoms with van der Waals surface area (Å²) in [5.74, 6) is -1.67. The first kappa shape index (κ1) is 21.2. The number of hydrogen-bond donors (Lipinski definition) is 2. The van der Waals surface area contributed by atoms with Crippen LogP contribution in [0.1, 0.15) is 10.4 Å². The van der Waals surface area contributed by atoms with Crippen molar-refractivity contribution in [2.45, 2.75) is 4.90 Å². The van der Waals surface area contributed by atoms with Crippen LogP contribution in [0.15, 0.2) is 71.6 Å². The molecule has 0 saturated carbocycles. The second kappa shape index (κ2) is 8.47. The number of nitro benzene ring substituents is 1. The normalized spacial score (nSPS) is 11.0. The van der Waals surface area contributed by atoms with E-state index in [2.05, 4.69) is 10.0 Å². The highest BCUT2D eigenvalue weighted by Gasteiger charge is 2.17. The Labute approximate surface area is 175 Å². The second-order valence-electron chi connectivity index (χ2n) is 6.01. The molecule has 0 spiro atoms. The van der Waals surface area contributed by atoms with E-state index in [0.717, 1.165) is 12.1 Å². The van der Waals surface area contributed by atoms with Crippen molar-refractivity contribution in [1.29, 1.82) is 0 Å². The van der Waals surface area contributed by atoms with E-state index < -0.39 is 32.4 Å². The quantitative estimate of drug-likeness (QED) is 0.426. The number of amides is 1. The number of rotatable bonds is 6. The molecule has 0 bridgehead atoms. The van der Waals surface area contributed by atoms with Gasteiger partial charge < -0.3 is 5.32 Å². The van der Waals surface area contributed by atoms with Gasteiger partial charge in [-0.15, -0.1) is 0 Å². The van der Waals surface area contributed by atoms with Crippen molar-refractivity contribution in [3.63, 3.8) is 0 Å². The average Bonchev–Trinajstić information content (AvgIpc) is 2.71. The Hall–Kier alpha value is -3.50. The van der Waals surface area contributed by atoms with Crippen molar-refractivity contribution < 1.29 is 22.5 Å². The Morgan fingerprint density at radius 3 is 2.17 bits per heavy atom. The maximum absolute atomic E-state index is 13.4. The number of nitrogens with zero attached hydrogens (tertiary/aromatic N) is 1. The predicted molar refractivity (Wildman–Crippen MR) is 110 cm³/mol. The van der Waals surface area contributed by atoms with Crippen LogP contribution in [0.25, 0.3) is 0 Å². The highest BCUT2D eigenvalue weighted by Crippen LogP contribution is 2.23. The molecule has 0 heterocycles. The highest BCUT2D eigenvalue weighted by molar-refractivity contribution is 7.92. The Bertz CT molecular complexity index is 1220. The molecule has 0 fully saturated rings. The third kappa shape index (κ3) is 4.91. The average molecular weight is 450 g/mol. The van der Waals surface area contributed by atoms with Crippen LogP contribution in [0.3, 0.4) is 0 Å². The number of halogens is 2. The minimum atomic E-state index is -3.89. The van der Waals surface area contributed by atoms with E-state index in [1.807, 2.05) is 0 Å². The molecule has 30 heavy (non-hydrogen) atoms. The van der Waals surface area contributed by atoms with Gasteiger partial charge in [0.05, 0.1) is 9.82 Å². The molecular formula is C19H13ClFN3O5S. The molecule has 154 valence electrons. The second-order valence-corrected chi connectivity index (χ2v) is 8.13. The van der Waals surface area contributed by atoms with Gasteiger partial charge in [-0.3, -0.25) is 19.6 Å². The third-order valence-corrected chi connectivity index (χ3v) is 5.57. The predicted octanol–water partition coefficient (Wildman–Crippen LogP) is 4.44. The van der Waals surface area contributed by atoms with Gasteiger partial charge in [-0.05, 0) is 60.7 Å². The SMILES string of the molecule is O=C(Nc1ccc(F)c([N+](=O)[O-])c1)c1ccc(S(=O)(=O)Nc2ccc(Cl)cc2)cc1. The summed E-state index contributed by atoms with van der Waals surface area (Å²) < 4.78 is 40.7. The number of carbonyl (C=O) groups is 1. The molecule has 11 heteroatoms. The Balaban J connectivity index is 1.74. The summed E-state index contributed by atoms with van der Waals surface area (Å²) in [5.41, 5.74) is -0.330. The summed E-state index contributed by atoms with van der Waals surface area (Å²) in [6.07, 6.45) is 0. The standard InChI is InChI=1S/C19H13ClFN3O5S/c20-13-3-5-14(6-4-13)23-30(28,29)16-8-1-12(2-9-16)19(25)22-15-7-10-17(21)18(11-15)24(26)27/h1-11,23H,(H,22,25). The smallest absolute Gasteiger partial charge is 0.306 e.